The summed E-state index contributed by atoms with van der Waals surface area (Å²) < 4.78 is 0. The molecule has 19 heavy (non-hydrogen) atoms. The van der Waals surface area contributed by atoms with Crippen LogP contribution in [0.2, 0.25) is 0 Å². The Hall–Kier alpha value is -0.980. The van der Waals surface area contributed by atoms with E-state index in [0.29, 0.717) is 14.3 Å². The van der Waals surface area contributed by atoms with E-state index in [9.17, 15) is 5.11 Å². The molecule has 3 heteroatoms. The summed E-state index contributed by atoms with van der Waals surface area (Å²) in [6.07, 6.45) is 0. The Morgan fingerprint density at radius 1 is 1.00 bits per heavy atom. The molecule has 0 bridgehead atoms. The van der Waals surface area contributed by atoms with Gasteiger partial charge in [-0.15, -0.1) is 0 Å². The van der Waals surface area contributed by atoms with Crippen LogP contribution in [0.5, 0.6) is 5.75 Å². The fraction of sp³-hybridized carbons (Fsp3) is 0.250. The van der Waals surface area contributed by atoms with E-state index in [2.05, 4.69) is 50.7 Å². The van der Waals surface area contributed by atoms with Crippen LogP contribution < -0.4 is 10.6 Å². The minimum absolute atomic E-state index is 0.426. The molecule has 0 saturated heterocycles. The highest BCUT2D eigenvalue weighted by molar-refractivity contribution is 7.79. The number of hydrogen-bond donors (Lipinski definition) is 2. The van der Waals surface area contributed by atoms with Crippen molar-refractivity contribution in [1.29, 1.82) is 0 Å². The summed E-state index contributed by atoms with van der Waals surface area (Å²) in [6, 6.07) is 10.5. The Morgan fingerprint density at radius 2 is 1.74 bits per heavy atom. The highest BCUT2D eigenvalue weighted by Crippen LogP contribution is 2.25. The molecule has 2 rings (SSSR count). The molecular formula is C16H19OPS. The molecule has 1 nitrogen and oxygen atoms in total. The number of rotatable bonds is 3. The van der Waals surface area contributed by atoms with E-state index in [1.807, 2.05) is 13.0 Å². The molecule has 2 aromatic carbocycles. The molecule has 0 aromatic heterocycles. The molecule has 100 valence electrons. The number of hydrogen-bond acceptors (Lipinski definition) is 2. The number of benzene rings is 2. The van der Waals surface area contributed by atoms with Gasteiger partial charge in [0.15, 0.2) is 0 Å². The van der Waals surface area contributed by atoms with Crippen molar-refractivity contribution in [3.05, 3.63) is 52.6 Å². The topological polar surface area (TPSA) is 20.2 Å². The van der Waals surface area contributed by atoms with E-state index in [-0.39, 0.29) is 0 Å². The molecule has 1 unspecified atom stereocenters. The molecule has 0 amide bonds. The molecule has 0 spiro atoms. The van der Waals surface area contributed by atoms with Gasteiger partial charge in [0, 0.05) is 11.1 Å². The van der Waals surface area contributed by atoms with Crippen LogP contribution in [0.4, 0.5) is 0 Å². The Balaban J connectivity index is 2.41. The van der Waals surface area contributed by atoms with Crippen molar-refractivity contribution in [3.8, 4) is 5.75 Å². The van der Waals surface area contributed by atoms with Crippen LogP contribution in [0.25, 0.3) is 0 Å². The van der Waals surface area contributed by atoms with Gasteiger partial charge in [-0.3, -0.25) is 0 Å². The Labute approximate surface area is 122 Å². The summed E-state index contributed by atoms with van der Waals surface area (Å²) in [5.74, 6) is 1.16. The van der Waals surface area contributed by atoms with Crippen molar-refractivity contribution in [2.75, 3.05) is 0 Å². The van der Waals surface area contributed by atoms with Crippen LogP contribution in [0.1, 0.15) is 22.3 Å². The van der Waals surface area contributed by atoms with Crippen molar-refractivity contribution >= 4 is 31.8 Å². The molecule has 0 fully saturated rings. The Morgan fingerprint density at radius 3 is 2.42 bits per heavy atom. The van der Waals surface area contributed by atoms with Crippen LogP contribution in [0, 0.1) is 20.8 Å². The first-order valence-corrected chi connectivity index (χ1v) is 7.92. The normalized spacial score (nSPS) is 11.4. The van der Waals surface area contributed by atoms with Crippen LogP contribution in [0.3, 0.4) is 0 Å². The Kier molecular flexibility index (Phi) is 4.54. The molecule has 0 aliphatic carbocycles. The molecule has 1 N–H and O–H groups in total. The first kappa shape index (κ1) is 14.4. The standard InChI is InChI=1S/C16H19OPS/c1-10-4-5-14(13(7-10)9-19)18-15-8-11(2)6-12(3)16(15)17/h4-8,17-19H,9H2,1-3H3. The predicted molar refractivity (Wildman–Crippen MR) is 89.0 cm³/mol. The van der Waals surface area contributed by atoms with E-state index in [0.717, 1.165) is 16.6 Å². The summed E-state index contributed by atoms with van der Waals surface area (Å²) in [6.45, 7) is 6.11. The monoisotopic (exact) mass is 290 g/mol. The van der Waals surface area contributed by atoms with Crippen molar-refractivity contribution < 1.29 is 5.11 Å². The van der Waals surface area contributed by atoms with Gasteiger partial charge in [0.1, 0.15) is 5.75 Å². The third-order valence-corrected chi connectivity index (χ3v) is 4.89. The molecule has 0 heterocycles. The maximum atomic E-state index is 10.2. The average molecular weight is 290 g/mol. The second-order valence-electron chi connectivity index (χ2n) is 4.92. The summed E-state index contributed by atoms with van der Waals surface area (Å²) in [7, 11) is 0.471. The van der Waals surface area contributed by atoms with E-state index in [1.54, 1.807) is 0 Å². The van der Waals surface area contributed by atoms with Gasteiger partial charge >= 0.3 is 0 Å². The summed E-state index contributed by atoms with van der Waals surface area (Å²) >= 11 is 4.40. The van der Waals surface area contributed by atoms with Crippen LogP contribution in [0.15, 0.2) is 30.3 Å². The van der Waals surface area contributed by atoms with Gasteiger partial charge in [-0.05, 0) is 48.8 Å². The van der Waals surface area contributed by atoms with Gasteiger partial charge in [-0.25, -0.2) is 0 Å². The van der Waals surface area contributed by atoms with Crippen molar-refractivity contribution in [1.82, 2.24) is 0 Å². The average Bonchev–Trinajstić information content (AvgIpc) is 2.37. The van der Waals surface area contributed by atoms with E-state index in [1.165, 1.54) is 22.0 Å². The maximum Gasteiger partial charge on any atom is 0.126 e. The smallest absolute Gasteiger partial charge is 0.126 e. The zero-order valence-corrected chi connectivity index (χ0v) is 13.4. The lowest BCUT2D eigenvalue weighted by Gasteiger charge is -2.12. The van der Waals surface area contributed by atoms with Crippen LogP contribution in [-0.4, -0.2) is 5.11 Å². The fourth-order valence-corrected chi connectivity index (χ4v) is 3.98. The second-order valence-corrected chi connectivity index (χ2v) is 6.57. The van der Waals surface area contributed by atoms with Gasteiger partial charge in [0.25, 0.3) is 0 Å². The lowest BCUT2D eigenvalue weighted by atomic mass is 10.1. The van der Waals surface area contributed by atoms with E-state index in [4.69, 9.17) is 0 Å². The van der Waals surface area contributed by atoms with Gasteiger partial charge in [-0.1, -0.05) is 38.4 Å². The summed E-state index contributed by atoms with van der Waals surface area (Å²) in [4.78, 5) is 0. The molecule has 0 aliphatic rings. The van der Waals surface area contributed by atoms with Gasteiger partial charge in [0.2, 0.25) is 0 Å². The molecule has 0 radical (unpaired) electrons. The lowest BCUT2D eigenvalue weighted by molar-refractivity contribution is 0.475. The molecule has 0 aliphatic heterocycles. The van der Waals surface area contributed by atoms with E-state index >= 15 is 0 Å². The number of aryl methyl sites for hydroxylation is 3. The molecule has 0 saturated carbocycles. The summed E-state index contributed by atoms with van der Waals surface area (Å²) in [5, 5.41) is 12.5. The van der Waals surface area contributed by atoms with Crippen molar-refractivity contribution in [3.63, 3.8) is 0 Å². The minimum Gasteiger partial charge on any atom is -0.507 e. The second kappa shape index (κ2) is 5.98. The number of thiol groups is 1. The van der Waals surface area contributed by atoms with Crippen LogP contribution >= 0.6 is 21.2 Å². The van der Waals surface area contributed by atoms with Crippen molar-refractivity contribution in [2.24, 2.45) is 0 Å². The van der Waals surface area contributed by atoms with Gasteiger partial charge < -0.3 is 5.11 Å². The first-order valence-electron chi connectivity index (χ1n) is 6.29. The zero-order valence-electron chi connectivity index (χ0n) is 11.5. The quantitative estimate of drug-likeness (QED) is 0.656. The van der Waals surface area contributed by atoms with Gasteiger partial charge in [0.05, 0.1) is 0 Å². The lowest BCUT2D eigenvalue weighted by Crippen LogP contribution is -2.10. The third-order valence-electron chi connectivity index (χ3n) is 3.15. The highest BCUT2D eigenvalue weighted by Gasteiger charge is 2.09. The number of phenolic OH excluding ortho intramolecular Hbond substituents is 1. The fourth-order valence-electron chi connectivity index (χ4n) is 2.18. The summed E-state index contributed by atoms with van der Waals surface area (Å²) in [5.41, 5.74) is 4.64. The zero-order chi connectivity index (χ0) is 14.0. The molecular weight excluding hydrogens is 271 g/mol. The van der Waals surface area contributed by atoms with Crippen LogP contribution in [-0.2, 0) is 5.75 Å². The van der Waals surface area contributed by atoms with Gasteiger partial charge in [-0.2, -0.15) is 12.6 Å². The number of aromatic hydroxyl groups is 1. The highest BCUT2D eigenvalue weighted by atomic mass is 32.1. The van der Waals surface area contributed by atoms with E-state index < -0.39 is 0 Å². The predicted octanol–water partition coefficient (Wildman–Crippen LogP) is 3.38. The number of phenols is 1. The largest absolute Gasteiger partial charge is 0.507 e. The molecule has 1 atom stereocenters. The minimum atomic E-state index is 0.426. The SMILES string of the molecule is Cc1ccc(Pc2cc(C)cc(C)c2O)c(CS)c1. The third kappa shape index (κ3) is 3.32. The first-order chi connectivity index (χ1) is 9.01. The maximum absolute atomic E-state index is 10.2. The molecule has 2 aromatic rings. The van der Waals surface area contributed by atoms with Crippen molar-refractivity contribution in [2.45, 2.75) is 26.5 Å². The Bertz CT molecular complexity index is 608.